The summed E-state index contributed by atoms with van der Waals surface area (Å²) in [6.45, 7) is 2.44. The molecule has 19 heavy (non-hydrogen) atoms. The van der Waals surface area contributed by atoms with Gasteiger partial charge in [-0.2, -0.15) is 0 Å². The van der Waals surface area contributed by atoms with E-state index in [9.17, 15) is 14.4 Å². The zero-order valence-electron chi connectivity index (χ0n) is 10.8. The van der Waals surface area contributed by atoms with Gasteiger partial charge in [-0.05, 0) is 31.2 Å². The van der Waals surface area contributed by atoms with E-state index in [2.05, 4.69) is 5.32 Å². The topological polar surface area (TPSA) is 66.5 Å². The molecule has 1 saturated heterocycles. The Morgan fingerprint density at radius 1 is 1.11 bits per heavy atom. The van der Waals surface area contributed by atoms with Gasteiger partial charge < -0.3 is 10.2 Å². The fourth-order valence-electron chi connectivity index (χ4n) is 1.95. The number of benzene rings is 1. The Morgan fingerprint density at radius 2 is 1.68 bits per heavy atom. The first kappa shape index (κ1) is 13.3. The molecule has 2 rings (SSSR count). The maximum absolute atomic E-state index is 11.9. The van der Waals surface area contributed by atoms with Crippen LogP contribution in [0.4, 0.5) is 10.5 Å². The van der Waals surface area contributed by atoms with Gasteiger partial charge in [0, 0.05) is 37.2 Å². The van der Waals surface area contributed by atoms with Gasteiger partial charge in [0.15, 0.2) is 5.78 Å². The van der Waals surface area contributed by atoms with Crippen LogP contribution in [-0.4, -0.2) is 35.6 Å². The Kier molecular flexibility index (Phi) is 3.94. The van der Waals surface area contributed by atoms with Gasteiger partial charge in [0.05, 0.1) is 0 Å². The number of likely N-dealkylation sites (tertiary alicyclic amines) is 1. The molecule has 0 radical (unpaired) electrons. The second kappa shape index (κ2) is 5.65. The van der Waals surface area contributed by atoms with Crippen molar-refractivity contribution in [3.05, 3.63) is 29.8 Å². The molecule has 100 valence electrons. The van der Waals surface area contributed by atoms with Crippen molar-refractivity contribution in [3.63, 3.8) is 0 Å². The quantitative estimate of drug-likeness (QED) is 0.828. The van der Waals surface area contributed by atoms with Gasteiger partial charge in [0.2, 0.25) is 0 Å². The summed E-state index contributed by atoms with van der Waals surface area (Å²) in [7, 11) is 0. The summed E-state index contributed by atoms with van der Waals surface area (Å²) in [5.74, 6) is 0.197. The smallest absolute Gasteiger partial charge is 0.321 e. The summed E-state index contributed by atoms with van der Waals surface area (Å²) in [6.07, 6.45) is 0.855. The molecule has 0 aliphatic carbocycles. The van der Waals surface area contributed by atoms with Crippen molar-refractivity contribution in [2.75, 3.05) is 18.4 Å². The van der Waals surface area contributed by atoms with Gasteiger partial charge in [-0.15, -0.1) is 0 Å². The molecule has 0 unspecified atom stereocenters. The highest BCUT2D eigenvalue weighted by molar-refractivity contribution is 5.95. The van der Waals surface area contributed by atoms with Crippen molar-refractivity contribution in [1.82, 2.24) is 4.90 Å². The van der Waals surface area contributed by atoms with Crippen LogP contribution in [-0.2, 0) is 4.79 Å². The van der Waals surface area contributed by atoms with E-state index in [4.69, 9.17) is 0 Å². The highest BCUT2D eigenvalue weighted by atomic mass is 16.2. The normalized spacial score (nSPS) is 15.2. The van der Waals surface area contributed by atoms with Gasteiger partial charge in [0.1, 0.15) is 5.78 Å². The standard InChI is InChI=1S/C14H16N2O3/c1-10(17)11-2-4-12(5-3-11)15-14(19)16-8-6-13(18)7-9-16/h2-5H,6-9H2,1H3,(H,15,19). The number of ketones is 2. The second-order valence-electron chi connectivity index (χ2n) is 4.59. The number of piperidine rings is 1. The molecule has 1 aliphatic rings. The highest BCUT2D eigenvalue weighted by Crippen LogP contribution is 2.12. The van der Waals surface area contributed by atoms with Gasteiger partial charge in [-0.25, -0.2) is 4.79 Å². The van der Waals surface area contributed by atoms with Crippen molar-refractivity contribution in [3.8, 4) is 0 Å². The van der Waals surface area contributed by atoms with Crippen LogP contribution in [0.15, 0.2) is 24.3 Å². The molecule has 0 atom stereocenters. The third-order valence-electron chi connectivity index (χ3n) is 3.15. The van der Waals surface area contributed by atoms with Gasteiger partial charge in [-0.1, -0.05) is 0 Å². The molecule has 1 aliphatic heterocycles. The number of carbonyl (C=O) groups excluding carboxylic acids is 3. The maximum Gasteiger partial charge on any atom is 0.321 e. The van der Waals surface area contributed by atoms with E-state index < -0.39 is 0 Å². The summed E-state index contributed by atoms with van der Waals surface area (Å²) < 4.78 is 0. The summed E-state index contributed by atoms with van der Waals surface area (Å²) >= 11 is 0. The Hall–Kier alpha value is -2.17. The Balaban J connectivity index is 1.95. The van der Waals surface area contributed by atoms with Crippen LogP contribution in [0.25, 0.3) is 0 Å². The SMILES string of the molecule is CC(=O)c1ccc(NC(=O)N2CCC(=O)CC2)cc1. The average molecular weight is 260 g/mol. The van der Waals surface area contributed by atoms with Crippen molar-refractivity contribution < 1.29 is 14.4 Å². The molecule has 5 nitrogen and oxygen atoms in total. The van der Waals surface area contributed by atoms with Gasteiger partial charge in [-0.3, -0.25) is 9.59 Å². The maximum atomic E-state index is 11.9. The van der Waals surface area contributed by atoms with E-state index in [1.54, 1.807) is 29.2 Å². The molecule has 0 saturated carbocycles. The predicted octanol–water partition coefficient (Wildman–Crippen LogP) is 2.09. The van der Waals surface area contributed by atoms with E-state index >= 15 is 0 Å². The molecule has 0 spiro atoms. The Morgan fingerprint density at radius 3 is 2.21 bits per heavy atom. The molecular weight excluding hydrogens is 244 g/mol. The monoisotopic (exact) mass is 260 g/mol. The highest BCUT2D eigenvalue weighted by Gasteiger charge is 2.20. The molecule has 5 heteroatoms. The van der Waals surface area contributed by atoms with Crippen molar-refractivity contribution in [2.24, 2.45) is 0 Å². The fraction of sp³-hybridized carbons (Fsp3) is 0.357. The molecule has 1 heterocycles. The first-order valence-electron chi connectivity index (χ1n) is 6.25. The molecule has 0 aromatic heterocycles. The van der Waals surface area contributed by atoms with E-state index in [0.717, 1.165) is 0 Å². The molecule has 0 bridgehead atoms. The predicted molar refractivity (Wildman–Crippen MR) is 71.3 cm³/mol. The number of nitrogens with zero attached hydrogens (tertiary/aromatic N) is 1. The van der Waals surface area contributed by atoms with E-state index in [1.165, 1.54) is 6.92 Å². The number of hydrogen-bond donors (Lipinski definition) is 1. The zero-order valence-corrected chi connectivity index (χ0v) is 10.8. The minimum Gasteiger partial charge on any atom is -0.324 e. The average Bonchev–Trinajstić information content (AvgIpc) is 2.40. The lowest BCUT2D eigenvalue weighted by molar-refractivity contribution is -0.120. The number of amides is 2. The van der Waals surface area contributed by atoms with Crippen LogP contribution in [0.3, 0.4) is 0 Å². The number of nitrogens with one attached hydrogen (secondary N) is 1. The second-order valence-corrected chi connectivity index (χ2v) is 4.59. The minimum atomic E-state index is -0.205. The van der Waals surface area contributed by atoms with Crippen LogP contribution in [0.2, 0.25) is 0 Å². The third kappa shape index (κ3) is 3.40. The van der Waals surface area contributed by atoms with Crippen LogP contribution in [0, 0.1) is 0 Å². The van der Waals surface area contributed by atoms with Crippen LogP contribution in [0.5, 0.6) is 0 Å². The zero-order chi connectivity index (χ0) is 13.8. The van der Waals surface area contributed by atoms with Crippen molar-refractivity contribution in [2.45, 2.75) is 19.8 Å². The van der Waals surface area contributed by atoms with Crippen molar-refractivity contribution >= 4 is 23.3 Å². The Labute approximate surface area is 111 Å². The summed E-state index contributed by atoms with van der Waals surface area (Å²) in [4.78, 5) is 35.8. The molecule has 2 amide bonds. The molecular formula is C14H16N2O3. The minimum absolute atomic E-state index is 0.00702. The lowest BCUT2D eigenvalue weighted by Gasteiger charge is -2.26. The van der Waals surface area contributed by atoms with Crippen LogP contribution >= 0.6 is 0 Å². The fourth-order valence-corrected chi connectivity index (χ4v) is 1.95. The molecule has 1 aromatic carbocycles. The van der Waals surface area contributed by atoms with Crippen LogP contribution < -0.4 is 5.32 Å². The third-order valence-corrected chi connectivity index (χ3v) is 3.15. The number of hydrogen-bond acceptors (Lipinski definition) is 3. The van der Waals surface area contributed by atoms with Gasteiger partial charge in [0.25, 0.3) is 0 Å². The number of carbonyl (C=O) groups is 3. The summed E-state index contributed by atoms with van der Waals surface area (Å²) in [6, 6.07) is 6.55. The van der Waals surface area contributed by atoms with E-state index in [0.29, 0.717) is 37.2 Å². The lowest BCUT2D eigenvalue weighted by Crippen LogP contribution is -2.41. The first-order chi connectivity index (χ1) is 9.06. The first-order valence-corrected chi connectivity index (χ1v) is 6.25. The number of urea groups is 1. The number of Topliss-reactive ketones (excluding diaryl/α,β-unsaturated/α-hetero) is 2. The lowest BCUT2D eigenvalue weighted by atomic mass is 10.1. The van der Waals surface area contributed by atoms with Gasteiger partial charge >= 0.3 is 6.03 Å². The van der Waals surface area contributed by atoms with Crippen molar-refractivity contribution in [1.29, 1.82) is 0 Å². The Bertz CT molecular complexity index is 498. The number of rotatable bonds is 2. The molecule has 1 aromatic rings. The van der Waals surface area contributed by atoms with Crippen LogP contribution in [0.1, 0.15) is 30.1 Å². The molecule has 1 N–H and O–H groups in total. The number of anilines is 1. The summed E-state index contributed by atoms with van der Waals surface area (Å²) in [5, 5.41) is 2.76. The summed E-state index contributed by atoms with van der Waals surface area (Å²) in [5.41, 5.74) is 1.26. The van der Waals surface area contributed by atoms with E-state index in [-0.39, 0.29) is 17.6 Å². The largest absolute Gasteiger partial charge is 0.324 e. The molecule has 1 fully saturated rings. The van der Waals surface area contributed by atoms with E-state index in [1.807, 2.05) is 0 Å².